The van der Waals surface area contributed by atoms with Crippen molar-refractivity contribution in [3.05, 3.63) is 0 Å². The molecule has 0 spiro atoms. The molecule has 0 atom stereocenters. The van der Waals surface area contributed by atoms with E-state index in [1.54, 1.807) is 18.7 Å². The first-order valence-corrected chi connectivity index (χ1v) is 7.44. The molecular formula is C12H22N2O3S. The van der Waals surface area contributed by atoms with E-state index in [0.29, 0.717) is 5.25 Å². The van der Waals surface area contributed by atoms with Crippen LogP contribution in [0.2, 0.25) is 0 Å². The van der Waals surface area contributed by atoms with Crippen molar-refractivity contribution >= 4 is 23.8 Å². The summed E-state index contributed by atoms with van der Waals surface area (Å²) in [6, 6.07) is -0.152. The molecule has 0 aliphatic carbocycles. The number of carbonyl (C=O) groups excluding carboxylic acids is 1. The third-order valence-corrected chi connectivity index (χ3v) is 4.24. The molecule has 0 aromatic heterocycles. The van der Waals surface area contributed by atoms with Gasteiger partial charge in [-0.2, -0.15) is 11.8 Å². The molecule has 5 nitrogen and oxygen atoms in total. The number of hydrogen-bond donors (Lipinski definition) is 2. The Balaban J connectivity index is 2.44. The molecule has 0 radical (unpaired) electrons. The largest absolute Gasteiger partial charge is 0.481 e. The lowest BCUT2D eigenvalue weighted by molar-refractivity contribution is -0.138. The Morgan fingerprint density at radius 1 is 1.39 bits per heavy atom. The van der Waals surface area contributed by atoms with Crippen molar-refractivity contribution in [3.63, 3.8) is 0 Å². The molecule has 104 valence electrons. The Hall–Kier alpha value is -0.910. The van der Waals surface area contributed by atoms with Gasteiger partial charge in [0.2, 0.25) is 0 Å². The number of piperidine rings is 1. The van der Waals surface area contributed by atoms with Crippen molar-refractivity contribution in [2.75, 3.05) is 19.3 Å². The molecule has 1 rings (SSSR count). The van der Waals surface area contributed by atoms with Crippen molar-refractivity contribution in [2.45, 2.75) is 43.9 Å². The van der Waals surface area contributed by atoms with Crippen molar-refractivity contribution in [1.82, 2.24) is 10.2 Å². The molecule has 0 aromatic rings. The zero-order valence-corrected chi connectivity index (χ0v) is 12.0. The van der Waals surface area contributed by atoms with Gasteiger partial charge in [-0.25, -0.2) is 4.79 Å². The first kappa shape index (κ1) is 15.1. The Morgan fingerprint density at radius 2 is 1.94 bits per heavy atom. The fourth-order valence-corrected chi connectivity index (χ4v) is 2.77. The number of likely N-dealkylation sites (tertiary alicyclic amines) is 1. The van der Waals surface area contributed by atoms with Crippen LogP contribution in [0.1, 0.15) is 33.1 Å². The number of carbonyl (C=O) groups is 2. The molecule has 0 bridgehead atoms. The average molecular weight is 274 g/mol. The summed E-state index contributed by atoms with van der Waals surface area (Å²) < 4.78 is 0. The smallest absolute Gasteiger partial charge is 0.317 e. The topological polar surface area (TPSA) is 69.6 Å². The van der Waals surface area contributed by atoms with Crippen LogP contribution in [0, 0.1) is 0 Å². The summed E-state index contributed by atoms with van der Waals surface area (Å²) in [5.74, 6) is -0.901. The van der Waals surface area contributed by atoms with E-state index in [-0.39, 0.29) is 12.5 Å². The first-order valence-electron chi connectivity index (χ1n) is 6.16. The van der Waals surface area contributed by atoms with E-state index in [1.165, 1.54) is 0 Å². The summed E-state index contributed by atoms with van der Waals surface area (Å²) in [4.78, 5) is 24.5. The van der Waals surface area contributed by atoms with Crippen LogP contribution in [0.4, 0.5) is 4.79 Å². The van der Waals surface area contributed by atoms with Gasteiger partial charge in [-0.15, -0.1) is 0 Å². The minimum absolute atomic E-state index is 0.0694. The van der Waals surface area contributed by atoms with Gasteiger partial charge < -0.3 is 15.3 Å². The standard InChI is InChI=1S/C12H22N2O3S/c1-12(2,8-10(15)16)13-11(17)14-6-4-9(18-3)5-7-14/h9H,4-8H2,1-3H3,(H,13,17)(H,15,16). The maximum absolute atomic E-state index is 12.0. The summed E-state index contributed by atoms with van der Waals surface area (Å²) in [6.45, 7) is 4.96. The average Bonchev–Trinajstić information content (AvgIpc) is 2.26. The number of hydrogen-bond acceptors (Lipinski definition) is 3. The fraction of sp³-hybridized carbons (Fsp3) is 0.833. The molecule has 1 fully saturated rings. The lowest BCUT2D eigenvalue weighted by atomic mass is 10.0. The number of thioether (sulfide) groups is 1. The van der Waals surface area contributed by atoms with Crippen LogP contribution in [0.3, 0.4) is 0 Å². The summed E-state index contributed by atoms with van der Waals surface area (Å²) in [6.07, 6.45) is 4.04. The third-order valence-electron chi connectivity index (χ3n) is 3.10. The van der Waals surface area contributed by atoms with Gasteiger partial charge in [0.25, 0.3) is 0 Å². The second kappa shape index (κ2) is 6.31. The molecule has 18 heavy (non-hydrogen) atoms. The second-order valence-corrected chi connectivity index (χ2v) is 6.44. The predicted octanol–water partition coefficient (Wildman–Crippen LogP) is 1.78. The number of rotatable bonds is 4. The lowest BCUT2D eigenvalue weighted by Crippen LogP contribution is -2.52. The molecule has 2 amide bonds. The van der Waals surface area contributed by atoms with Gasteiger partial charge in [0, 0.05) is 23.9 Å². The van der Waals surface area contributed by atoms with E-state index >= 15 is 0 Å². The highest BCUT2D eigenvalue weighted by Gasteiger charge is 2.28. The van der Waals surface area contributed by atoms with Crippen molar-refractivity contribution in [3.8, 4) is 0 Å². The SMILES string of the molecule is CSC1CCN(C(=O)NC(C)(C)CC(=O)O)CC1. The minimum atomic E-state index is -0.901. The van der Waals surface area contributed by atoms with Crippen LogP contribution in [0.25, 0.3) is 0 Å². The molecule has 1 saturated heterocycles. The Labute approximate surface area is 112 Å². The van der Waals surface area contributed by atoms with Gasteiger partial charge in [0.15, 0.2) is 0 Å². The van der Waals surface area contributed by atoms with Crippen LogP contribution in [0.15, 0.2) is 0 Å². The number of carboxylic acids is 1. The highest BCUT2D eigenvalue weighted by Crippen LogP contribution is 2.21. The quantitative estimate of drug-likeness (QED) is 0.820. The zero-order chi connectivity index (χ0) is 13.8. The minimum Gasteiger partial charge on any atom is -0.481 e. The van der Waals surface area contributed by atoms with E-state index in [1.807, 2.05) is 11.8 Å². The third kappa shape index (κ3) is 4.76. The van der Waals surface area contributed by atoms with Gasteiger partial charge in [-0.1, -0.05) is 0 Å². The van der Waals surface area contributed by atoms with Crippen LogP contribution in [-0.4, -0.2) is 52.1 Å². The van der Waals surface area contributed by atoms with Crippen LogP contribution in [0.5, 0.6) is 0 Å². The van der Waals surface area contributed by atoms with Crippen LogP contribution >= 0.6 is 11.8 Å². The van der Waals surface area contributed by atoms with Gasteiger partial charge >= 0.3 is 12.0 Å². The number of nitrogens with zero attached hydrogens (tertiary/aromatic N) is 1. The molecule has 1 aliphatic heterocycles. The lowest BCUT2D eigenvalue weighted by Gasteiger charge is -2.34. The van der Waals surface area contributed by atoms with Gasteiger partial charge in [-0.05, 0) is 32.9 Å². The van der Waals surface area contributed by atoms with E-state index < -0.39 is 11.5 Å². The monoisotopic (exact) mass is 274 g/mol. The first-order chi connectivity index (χ1) is 8.34. The molecular weight excluding hydrogens is 252 g/mol. The van der Waals surface area contributed by atoms with Crippen molar-refractivity contribution in [2.24, 2.45) is 0 Å². The van der Waals surface area contributed by atoms with Crippen molar-refractivity contribution < 1.29 is 14.7 Å². The molecule has 0 saturated carbocycles. The number of carboxylic acid groups (broad SMARTS) is 1. The van der Waals surface area contributed by atoms with E-state index in [9.17, 15) is 9.59 Å². The molecule has 6 heteroatoms. The highest BCUT2D eigenvalue weighted by molar-refractivity contribution is 7.99. The maximum Gasteiger partial charge on any atom is 0.317 e. The van der Waals surface area contributed by atoms with Gasteiger partial charge in [0.1, 0.15) is 0 Å². The Kier molecular flexibility index (Phi) is 5.31. The normalized spacial score (nSPS) is 17.6. The predicted molar refractivity (Wildman–Crippen MR) is 73.0 cm³/mol. The Morgan fingerprint density at radius 3 is 2.39 bits per heavy atom. The summed E-state index contributed by atoms with van der Waals surface area (Å²) in [5.41, 5.74) is -0.709. The molecule has 1 heterocycles. The van der Waals surface area contributed by atoms with E-state index in [2.05, 4.69) is 11.6 Å². The second-order valence-electron chi connectivity index (χ2n) is 5.31. The molecule has 2 N–H and O–H groups in total. The van der Waals surface area contributed by atoms with E-state index in [0.717, 1.165) is 25.9 Å². The van der Waals surface area contributed by atoms with Gasteiger partial charge in [0.05, 0.1) is 6.42 Å². The maximum atomic E-state index is 12.0. The molecule has 0 aromatic carbocycles. The highest BCUT2D eigenvalue weighted by atomic mass is 32.2. The molecule has 1 aliphatic rings. The number of aliphatic carboxylic acids is 1. The van der Waals surface area contributed by atoms with Crippen LogP contribution < -0.4 is 5.32 Å². The summed E-state index contributed by atoms with van der Waals surface area (Å²) >= 11 is 1.84. The van der Waals surface area contributed by atoms with E-state index in [4.69, 9.17) is 5.11 Å². The van der Waals surface area contributed by atoms with Crippen LogP contribution in [-0.2, 0) is 4.79 Å². The Bertz CT molecular complexity index is 312. The number of nitrogens with one attached hydrogen (secondary N) is 1. The summed E-state index contributed by atoms with van der Waals surface area (Å²) in [7, 11) is 0. The van der Waals surface area contributed by atoms with Crippen molar-refractivity contribution in [1.29, 1.82) is 0 Å². The zero-order valence-electron chi connectivity index (χ0n) is 11.2. The van der Waals surface area contributed by atoms with Gasteiger partial charge in [-0.3, -0.25) is 4.79 Å². The number of urea groups is 1. The number of amides is 2. The molecule has 0 unspecified atom stereocenters. The summed E-state index contributed by atoms with van der Waals surface area (Å²) in [5, 5.41) is 12.2. The fourth-order valence-electron chi connectivity index (χ4n) is 2.09.